The lowest BCUT2D eigenvalue weighted by molar-refractivity contribution is -0.124. The van der Waals surface area contributed by atoms with E-state index in [2.05, 4.69) is 37.1 Å². The minimum atomic E-state index is -0.0216. The number of hydrogen-bond donors (Lipinski definition) is 1. The Morgan fingerprint density at radius 3 is 2.75 bits per heavy atom. The predicted molar refractivity (Wildman–Crippen MR) is 108 cm³/mol. The van der Waals surface area contributed by atoms with Crippen molar-refractivity contribution in [2.75, 3.05) is 20.2 Å². The monoisotopic (exact) mass is 403 g/mol. The van der Waals surface area contributed by atoms with Crippen LogP contribution >= 0.6 is 11.3 Å². The third-order valence-electron chi connectivity index (χ3n) is 6.08. The highest BCUT2D eigenvalue weighted by Crippen LogP contribution is 2.38. The summed E-state index contributed by atoms with van der Waals surface area (Å²) in [5.74, 6) is 2.70. The Hall–Kier alpha value is -1.77. The summed E-state index contributed by atoms with van der Waals surface area (Å²) < 4.78 is 7.43. The molecular formula is C20H29N5O2S. The quantitative estimate of drug-likeness (QED) is 0.799. The fourth-order valence-corrected chi connectivity index (χ4v) is 5.45. The van der Waals surface area contributed by atoms with E-state index in [0.717, 1.165) is 38.3 Å². The van der Waals surface area contributed by atoms with Gasteiger partial charge in [0.1, 0.15) is 18.2 Å². The van der Waals surface area contributed by atoms with Gasteiger partial charge in [-0.15, -0.1) is 0 Å². The maximum Gasteiger partial charge on any atom is 0.242 e. The first-order chi connectivity index (χ1) is 13.5. The van der Waals surface area contributed by atoms with Crippen LogP contribution < -0.4 is 5.32 Å². The molecule has 4 rings (SSSR count). The zero-order valence-electron chi connectivity index (χ0n) is 16.8. The van der Waals surface area contributed by atoms with Gasteiger partial charge in [0, 0.05) is 26.7 Å². The van der Waals surface area contributed by atoms with Crippen LogP contribution in [0.25, 0.3) is 0 Å². The number of nitrogens with zero attached hydrogens (tertiary/aromatic N) is 4. The molecule has 1 amide bonds. The van der Waals surface area contributed by atoms with Gasteiger partial charge in [0.15, 0.2) is 0 Å². The molecule has 0 unspecified atom stereocenters. The Bertz CT molecular complexity index is 806. The summed E-state index contributed by atoms with van der Waals surface area (Å²) >= 11 is 1.76. The second kappa shape index (κ2) is 8.31. The van der Waals surface area contributed by atoms with Gasteiger partial charge >= 0.3 is 0 Å². The highest BCUT2D eigenvalue weighted by molar-refractivity contribution is 7.07. The van der Waals surface area contributed by atoms with Crippen LogP contribution in [0, 0.1) is 25.7 Å². The smallest absolute Gasteiger partial charge is 0.242 e. The first kappa shape index (κ1) is 19.5. The second-order valence-corrected chi connectivity index (χ2v) is 8.91. The van der Waals surface area contributed by atoms with Crippen LogP contribution in [-0.4, -0.2) is 57.9 Å². The summed E-state index contributed by atoms with van der Waals surface area (Å²) in [5, 5.41) is 11.9. The Labute approximate surface area is 170 Å². The minimum absolute atomic E-state index is 0.0216. The molecule has 4 atom stereocenters. The number of carbonyl (C=O) groups excluding carboxylic acids is 1. The molecule has 152 valence electrons. The number of fused-ring (bicyclic) bond motifs is 1. The number of ether oxygens (including phenoxy) is 1. The summed E-state index contributed by atoms with van der Waals surface area (Å²) in [7, 11) is 1.76. The largest absolute Gasteiger partial charge is 0.379 e. The van der Waals surface area contributed by atoms with E-state index in [9.17, 15) is 4.79 Å². The summed E-state index contributed by atoms with van der Waals surface area (Å²) in [5.41, 5.74) is 1.40. The second-order valence-electron chi connectivity index (χ2n) is 8.13. The molecule has 8 heteroatoms. The molecule has 1 N–H and O–H groups in total. The van der Waals surface area contributed by atoms with Crippen LogP contribution in [0.3, 0.4) is 0 Å². The van der Waals surface area contributed by atoms with Crippen LogP contribution in [0.1, 0.15) is 30.1 Å². The average Bonchev–Trinajstić information content (AvgIpc) is 3.35. The van der Waals surface area contributed by atoms with Gasteiger partial charge in [0.05, 0.1) is 12.1 Å². The molecule has 2 fully saturated rings. The SMILES string of the molecule is CO[C@H]1C[C@@H]2CN(Cc3ccsc3)C[C@@H]2C[C@@H]1NC(=O)Cn1nc(C)nc1C. The van der Waals surface area contributed by atoms with Crippen molar-refractivity contribution in [1.29, 1.82) is 0 Å². The van der Waals surface area contributed by atoms with E-state index < -0.39 is 0 Å². The molecule has 2 aromatic heterocycles. The minimum Gasteiger partial charge on any atom is -0.379 e. The maximum absolute atomic E-state index is 12.6. The van der Waals surface area contributed by atoms with E-state index in [1.54, 1.807) is 23.1 Å². The van der Waals surface area contributed by atoms with Crippen LogP contribution in [0.4, 0.5) is 0 Å². The van der Waals surface area contributed by atoms with Gasteiger partial charge in [0.25, 0.3) is 0 Å². The molecular weight excluding hydrogens is 374 g/mol. The number of thiophene rings is 1. The molecule has 0 radical (unpaired) electrons. The highest BCUT2D eigenvalue weighted by atomic mass is 32.1. The summed E-state index contributed by atoms with van der Waals surface area (Å²) in [6, 6.07) is 2.27. The summed E-state index contributed by atoms with van der Waals surface area (Å²) in [6.45, 7) is 7.17. The van der Waals surface area contributed by atoms with Gasteiger partial charge in [-0.05, 0) is 60.9 Å². The van der Waals surface area contributed by atoms with Gasteiger partial charge in [-0.1, -0.05) is 0 Å². The van der Waals surface area contributed by atoms with Gasteiger partial charge < -0.3 is 10.1 Å². The van der Waals surface area contributed by atoms with Crippen molar-refractivity contribution in [3.05, 3.63) is 34.0 Å². The van der Waals surface area contributed by atoms with Crippen LogP contribution in [-0.2, 0) is 22.6 Å². The third kappa shape index (κ3) is 4.29. The Balaban J connectivity index is 1.35. The highest BCUT2D eigenvalue weighted by Gasteiger charge is 2.42. The molecule has 1 aliphatic carbocycles. The summed E-state index contributed by atoms with van der Waals surface area (Å²) in [4.78, 5) is 19.4. The standard InChI is InChI=1S/C20H29N5O2S/c1-13-21-14(2)25(23-13)11-20(26)22-18-6-16-9-24(8-15-4-5-28-12-15)10-17(16)7-19(18)27-3/h4-5,12,16-19H,6-11H2,1-3H3,(H,22,26)/t16-,17+,18-,19-/m0/s1. The lowest BCUT2D eigenvalue weighted by Crippen LogP contribution is -2.50. The average molecular weight is 404 g/mol. The molecule has 2 aliphatic rings. The fourth-order valence-electron chi connectivity index (χ4n) is 4.79. The van der Waals surface area contributed by atoms with E-state index in [1.807, 2.05) is 13.8 Å². The molecule has 7 nitrogen and oxygen atoms in total. The normalized spacial score (nSPS) is 27.7. The zero-order valence-corrected chi connectivity index (χ0v) is 17.6. The number of aromatic nitrogens is 3. The van der Waals surface area contributed by atoms with E-state index in [4.69, 9.17) is 4.74 Å². The van der Waals surface area contributed by atoms with Crippen LogP contribution in [0.15, 0.2) is 16.8 Å². The molecule has 2 aromatic rings. The first-order valence-electron chi connectivity index (χ1n) is 9.95. The van der Waals surface area contributed by atoms with E-state index in [0.29, 0.717) is 17.7 Å². The van der Waals surface area contributed by atoms with Crippen molar-refractivity contribution in [2.45, 2.75) is 51.9 Å². The van der Waals surface area contributed by atoms with Gasteiger partial charge in [-0.2, -0.15) is 16.4 Å². The van der Waals surface area contributed by atoms with Gasteiger partial charge in [-0.25, -0.2) is 9.67 Å². The molecule has 28 heavy (non-hydrogen) atoms. The number of nitrogens with one attached hydrogen (secondary N) is 1. The number of amides is 1. The van der Waals surface area contributed by atoms with Crippen molar-refractivity contribution in [1.82, 2.24) is 25.0 Å². The van der Waals surface area contributed by atoms with Crippen LogP contribution in [0.2, 0.25) is 0 Å². The Morgan fingerprint density at radius 1 is 1.32 bits per heavy atom. The molecule has 1 saturated carbocycles. The molecule has 0 bridgehead atoms. The zero-order chi connectivity index (χ0) is 19.7. The van der Waals surface area contributed by atoms with Crippen molar-refractivity contribution in [3.8, 4) is 0 Å². The Kier molecular flexibility index (Phi) is 5.80. The number of carbonyl (C=O) groups is 1. The van der Waals surface area contributed by atoms with E-state index in [1.165, 1.54) is 5.56 Å². The van der Waals surface area contributed by atoms with Crippen molar-refractivity contribution in [3.63, 3.8) is 0 Å². The Morgan fingerprint density at radius 2 is 2.11 bits per heavy atom. The lowest BCUT2D eigenvalue weighted by atomic mass is 9.77. The topological polar surface area (TPSA) is 72.3 Å². The molecule has 1 saturated heterocycles. The van der Waals surface area contributed by atoms with Crippen LogP contribution in [0.5, 0.6) is 0 Å². The number of aryl methyl sites for hydroxylation is 2. The van der Waals surface area contributed by atoms with Gasteiger partial charge in [0.2, 0.25) is 5.91 Å². The molecule has 1 aliphatic heterocycles. The third-order valence-corrected chi connectivity index (χ3v) is 6.82. The van der Waals surface area contributed by atoms with E-state index in [-0.39, 0.29) is 24.6 Å². The molecule has 0 spiro atoms. The molecule has 0 aromatic carbocycles. The maximum atomic E-state index is 12.6. The van der Waals surface area contributed by atoms with Crippen molar-refractivity contribution in [2.24, 2.45) is 11.8 Å². The van der Waals surface area contributed by atoms with Crippen molar-refractivity contribution < 1.29 is 9.53 Å². The predicted octanol–water partition coefficient (Wildman–Crippen LogP) is 2.00. The van der Waals surface area contributed by atoms with E-state index >= 15 is 0 Å². The van der Waals surface area contributed by atoms with Gasteiger partial charge in [-0.3, -0.25) is 9.69 Å². The number of rotatable bonds is 6. The first-order valence-corrected chi connectivity index (χ1v) is 10.9. The molecule has 3 heterocycles. The fraction of sp³-hybridized carbons (Fsp3) is 0.650. The summed E-state index contributed by atoms with van der Waals surface area (Å²) in [6.07, 6.45) is 2.06. The van der Waals surface area contributed by atoms with Crippen molar-refractivity contribution >= 4 is 17.2 Å². The number of likely N-dealkylation sites (tertiary alicyclic amines) is 1. The lowest BCUT2D eigenvalue weighted by Gasteiger charge is -2.37. The number of methoxy groups -OCH3 is 1. The number of hydrogen-bond acceptors (Lipinski definition) is 6.